The fourth-order valence-electron chi connectivity index (χ4n) is 11.5. The highest BCUT2D eigenvalue weighted by Crippen LogP contribution is 2.53. The highest BCUT2D eigenvalue weighted by Gasteiger charge is 2.36. The van der Waals surface area contributed by atoms with Gasteiger partial charge in [-0.3, -0.25) is 0 Å². The second kappa shape index (κ2) is 15.4. The molecule has 12 aromatic rings. The molecule has 0 aliphatic heterocycles. The SMILES string of the molecule is CC1(C)c2cc(-c3ccccc3)ccc2-c2ccc(N(c3ccc(-c4ccc(-c5ccc6sc7ccccc7c6c5)cc4)cc3)c3ccc(-c4ccc5c6c(cccc46)-c4ccccc4-5)cc3)cc21. The topological polar surface area (TPSA) is 3.24 Å². The zero-order chi connectivity index (χ0) is 45.8. The molecular formula is C67H45NS. The van der Waals surface area contributed by atoms with Gasteiger partial charge in [-0.1, -0.05) is 190 Å². The Morgan fingerprint density at radius 3 is 1.49 bits per heavy atom. The van der Waals surface area contributed by atoms with Crippen molar-refractivity contribution < 1.29 is 0 Å². The lowest BCUT2D eigenvalue weighted by molar-refractivity contribution is 0.660. The molecule has 0 fully saturated rings. The van der Waals surface area contributed by atoms with Gasteiger partial charge in [0, 0.05) is 42.6 Å². The molecular weight excluding hydrogens is 851 g/mol. The number of hydrogen-bond acceptors (Lipinski definition) is 2. The van der Waals surface area contributed by atoms with E-state index in [4.69, 9.17) is 0 Å². The second-order valence-electron chi connectivity index (χ2n) is 19.2. The number of hydrogen-bond donors (Lipinski definition) is 0. The molecule has 324 valence electrons. The van der Waals surface area contributed by atoms with E-state index in [-0.39, 0.29) is 5.41 Å². The molecule has 0 amide bonds. The molecule has 2 aliphatic rings. The van der Waals surface area contributed by atoms with E-state index in [1.165, 1.54) is 120 Å². The molecule has 14 rings (SSSR count). The van der Waals surface area contributed by atoms with Crippen LogP contribution in [0.3, 0.4) is 0 Å². The first-order chi connectivity index (χ1) is 33.9. The standard InChI is InChI=1S/C67H45NS/c1-67(2)62-40-48(42-11-4-3-5-12-42)27-34-55(62)56-35-33-51(41-63(56)67)68(50-31-25-46(26-32-50)52-36-37-60-54-14-7-6-13-53(54)59-17-10-16-58(52)66(59)60)49-29-23-44(24-30-49)43-19-21-45(22-20-43)47-28-38-65-61(39-47)57-15-8-9-18-64(57)69-65/h3-41H,1-2H3. The van der Waals surface area contributed by atoms with Crippen LogP contribution in [0.4, 0.5) is 17.1 Å². The van der Waals surface area contributed by atoms with Crippen LogP contribution in [0.25, 0.3) is 109 Å². The average Bonchev–Trinajstić information content (AvgIpc) is 4.02. The van der Waals surface area contributed by atoms with Gasteiger partial charge < -0.3 is 4.90 Å². The third-order valence-corrected chi connectivity index (χ3v) is 16.2. The van der Waals surface area contributed by atoms with Crippen molar-refractivity contribution in [2.24, 2.45) is 0 Å². The van der Waals surface area contributed by atoms with E-state index < -0.39 is 0 Å². The summed E-state index contributed by atoms with van der Waals surface area (Å²) in [5.74, 6) is 0. The summed E-state index contributed by atoms with van der Waals surface area (Å²) >= 11 is 1.86. The molecule has 0 radical (unpaired) electrons. The highest BCUT2D eigenvalue weighted by molar-refractivity contribution is 7.25. The van der Waals surface area contributed by atoms with Gasteiger partial charge in [0.15, 0.2) is 0 Å². The Balaban J connectivity index is 0.833. The van der Waals surface area contributed by atoms with Gasteiger partial charge in [-0.25, -0.2) is 0 Å². The van der Waals surface area contributed by atoms with E-state index in [0.717, 1.165) is 17.1 Å². The number of thiophene rings is 1. The van der Waals surface area contributed by atoms with Crippen molar-refractivity contribution in [3.63, 3.8) is 0 Å². The van der Waals surface area contributed by atoms with Crippen LogP contribution >= 0.6 is 11.3 Å². The normalized spacial score (nSPS) is 12.9. The average molecular weight is 896 g/mol. The highest BCUT2D eigenvalue weighted by atomic mass is 32.1. The lowest BCUT2D eigenvalue weighted by atomic mass is 9.81. The summed E-state index contributed by atoms with van der Waals surface area (Å²) in [5.41, 5.74) is 23.6. The van der Waals surface area contributed by atoms with Gasteiger partial charge >= 0.3 is 0 Å². The van der Waals surface area contributed by atoms with E-state index in [1.54, 1.807) is 0 Å². The smallest absolute Gasteiger partial charge is 0.0465 e. The number of fused-ring (bicyclic) bond motifs is 9. The van der Waals surface area contributed by atoms with Crippen molar-refractivity contribution in [1.29, 1.82) is 0 Å². The molecule has 0 saturated carbocycles. The van der Waals surface area contributed by atoms with Crippen LogP contribution in [0.5, 0.6) is 0 Å². The van der Waals surface area contributed by atoms with E-state index in [1.807, 2.05) is 11.3 Å². The van der Waals surface area contributed by atoms with Crippen molar-refractivity contribution in [3.05, 3.63) is 248 Å². The summed E-state index contributed by atoms with van der Waals surface area (Å²) in [7, 11) is 0. The van der Waals surface area contributed by atoms with Crippen molar-refractivity contribution in [3.8, 4) is 77.9 Å². The van der Waals surface area contributed by atoms with Gasteiger partial charge in [-0.05, 0) is 160 Å². The summed E-state index contributed by atoms with van der Waals surface area (Å²) in [4.78, 5) is 2.43. The minimum Gasteiger partial charge on any atom is -0.310 e. The predicted octanol–water partition coefficient (Wildman–Crippen LogP) is 19.3. The van der Waals surface area contributed by atoms with Crippen LogP contribution in [-0.4, -0.2) is 0 Å². The minimum atomic E-state index is -0.185. The number of nitrogens with zero attached hydrogens (tertiary/aromatic N) is 1. The Morgan fingerprint density at radius 2 is 0.754 bits per heavy atom. The Hall–Kier alpha value is -8.30. The van der Waals surface area contributed by atoms with E-state index in [2.05, 4.69) is 255 Å². The summed E-state index contributed by atoms with van der Waals surface area (Å²) in [6.07, 6.45) is 0. The molecule has 1 heterocycles. The summed E-state index contributed by atoms with van der Waals surface area (Å²) in [6, 6.07) is 88.1. The van der Waals surface area contributed by atoms with Crippen molar-refractivity contribution in [1.82, 2.24) is 0 Å². The zero-order valence-electron chi connectivity index (χ0n) is 38.4. The van der Waals surface area contributed by atoms with E-state index in [9.17, 15) is 0 Å². The first-order valence-electron chi connectivity index (χ1n) is 24.0. The Labute approximate surface area is 406 Å². The van der Waals surface area contributed by atoms with Crippen LogP contribution in [0.1, 0.15) is 25.0 Å². The maximum absolute atomic E-state index is 2.44. The molecule has 69 heavy (non-hydrogen) atoms. The maximum atomic E-state index is 2.44. The first-order valence-corrected chi connectivity index (χ1v) is 24.8. The van der Waals surface area contributed by atoms with Crippen molar-refractivity contribution in [2.75, 3.05) is 4.90 Å². The van der Waals surface area contributed by atoms with Gasteiger partial charge in [-0.2, -0.15) is 0 Å². The molecule has 0 atom stereocenters. The Bertz CT molecular complexity index is 3980. The molecule has 1 aromatic heterocycles. The zero-order valence-corrected chi connectivity index (χ0v) is 39.2. The number of rotatable bonds is 7. The number of anilines is 3. The molecule has 1 nitrogen and oxygen atoms in total. The van der Waals surface area contributed by atoms with Crippen LogP contribution in [0.2, 0.25) is 0 Å². The van der Waals surface area contributed by atoms with Crippen LogP contribution in [-0.2, 0) is 5.41 Å². The molecule has 0 unspecified atom stereocenters. The fourth-order valence-corrected chi connectivity index (χ4v) is 12.6. The van der Waals surface area contributed by atoms with Crippen LogP contribution in [0.15, 0.2) is 237 Å². The summed E-state index contributed by atoms with van der Waals surface area (Å²) in [6.45, 7) is 4.77. The van der Waals surface area contributed by atoms with Crippen molar-refractivity contribution >= 4 is 59.3 Å². The minimum absolute atomic E-state index is 0.185. The molecule has 2 heteroatoms. The predicted molar refractivity (Wildman–Crippen MR) is 295 cm³/mol. The van der Waals surface area contributed by atoms with Crippen LogP contribution in [0, 0.1) is 0 Å². The third kappa shape index (κ3) is 6.29. The summed E-state index contributed by atoms with van der Waals surface area (Å²) in [5, 5.41) is 5.30. The van der Waals surface area contributed by atoms with Gasteiger partial charge in [0.25, 0.3) is 0 Å². The van der Waals surface area contributed by atoms with Gasteiger partial charge in [0.1, 0.15) is 0 Å². The van der Waals surface area contributed by atoms with Gasteiger partial charge in [0.05, 0.1) is 0 Å². The fraction of sp³-hybridized carbons (Fsp3) is 0.0448. The molecule has 0 spiro atoms. The first kappa shape index (κ1) is 39.8. The largest absolute Gasteiger partial charge is 0.310 e. The molecule has 0 saturated heterocycles. The van der Waals surface area contributed by atoms with E-state index in [0.29, 0.717) is 0 Å². The lowest BCUT2D eigenvalue weighted by Crippen LogP contribution is -2.16. The summed E-state index contributed by atoms with van der Waals surface area (Å²) < 4.78 is 2.67. The molecule has 2 aliphatic carbocycles. The number of benzene rings is 11. The monoisotopic (exact) mass is 895 g/mol. The molecule has 11 aromatic carbocycles. The van der Waals surface area contributed by atoms with Crippen molar-refractivity contribution in [2.45, 2.75) is 19.3 Å². The quantitative estimate of drug-likeness (QED) is 0.154. The Kier molecular flexibility index (Phi) is 8.87. The second-order valence-corrected chi connectivity index (χ2v) is 20.3. The maximum Gasteiger partial charge on any atom is 0.0465 e. The lowest BCUT2D eigenvalue weighted by Gasteiger charge is -2.28. The van der Waals surface area contributed by atoms with Gasteiger partial charge in [-0.15, -0.1) is 11.3 Å². The van der Waals surface area contributed by atoms with Crippen LogP contribution < -0.4 is 4.90 Å². The third-order valence-electron chi connectivity index (χ3n) is 15.1. The Morgan fingerprint density at radius 1 is 0.290 bits per heavy atom. The van der Waals surface area contributed by atoms with Gasteiger partial charge in [0.2, 0.25) is 0 Å². The molecule has 0 N–H and O–H groups in total. The molecule has 0 bridgehead atoms. The van der Waals surface area contributed by atoms with E-state index >= 15 is 0 Å².